The predicted octanol–water partition coefficient (Wildman–Crippen LogP) is 1.92. The fraction of sp³-hybridized carbons (Fsp3) is 0.143. The number of rotatable bonds is 0. The summed E-state index contributed by atoms with van der Waals surface area (Å²) in [7, 11) is 0. The summed E-state index contributed by atoms with van der Waals surface area (Å²) in [5, 5.41) is 8.28. The SMILES string of the molecule is Cc1n[nH]c2nc(Cl)ccc12. The largest absolute Gasteiger partial charge is 0.260 e. The number of nitrogens with one attached hydrogen (secondary N) is 1. The fourth-order valence-electron chi connectivity index (χ4n) is 1.01. The topological polar surface area (TPSA) is 41.6 Å². The molecule has 0 saturated carbocycles. The van der Waals surface area contributed by atoms with Crippen LogP contribution in [-0.4, -0.2) is 15.2 Å². The third kappa shape index (κ3) is 0.973. The number of H-pyrrole nitrogens is 1. The summed E-state index contributed by atoms with van der Waals surface area (Å²) >= 11 is 5.67. The van der Waals surface area contributed by atoms with Crippen molar-refractivity contribution < 1.29 is 0 Å². The minimum absolute atomic E-state index is 0.487. The van der Waals surface area contributed by atoms with Gasteiger partial charge in [-0.05, 0) is 19.1 Å². The highest BCUT2D eigenvalue weighted by atomic mass is 35.5. The Balaban J connectivity index is 2.86. The van der Waals surface area contributed by atoms with Crippen LogP contribution in [0.2, 0.25) is 5.15 Å². The smallest absolute Gasteiger partial charge is 0.157 e. The molecule has 2 heterocycles. The Labute approximate surface area is 68.4 Å². The van der Waals surface area contributed by atoms with Gasteiger partial charge in [-0.1, -0.05) is 11.6 Å². The lowest BCUT2D eigenvalue weighted by atomic mass is 10.3. The molecular weight excluding hydrogens is 162 g/mol. The molecule has 0 aliphatic heterocycles. The average molecular weight is 168 g/mol. The zero-order chi connectivity index (χ0) is 7.84. The van der Waals surface area contributed by atoms with E-state index in [4.69, 9.17) is 11.6 Å². The number of fused-ring (bicyclic) bond motifs is 1. The number of nitrogens with zero attached hydrogens (tertiary/aromatic N) is 2. The van der Waals surface area contributed by atoms with E-state index in [2.05, 4.69) is 15.2 Å². The molecule has 0 bridgehead atoms. The molecule has 0 saturated heterocycles. The monoisotopic (exact) mass is 167 g/mol. The first kappa shape index (κ1) is 6.61. The molecular formula is C7H6ClN3. The molecule has 0 aliphatic rings. The molecule has 2 aromatic heterocycles. The molecule has 0 aromatic carbocycles. The van der Waals surface area contributed by atoms with Gasteiger partial charge < -0.3 is 0 Å². The molecule has 56 valence electrons. The lowest BCUT2D eigenvalue weighted by Gasteiger charge is -1.88. The van der Waals surface area contributed by atoms with Gasteiger partial charge in [0.1, 0.15) is 5.15 Å². The van der Waals surface area contributed by atoms with Crippen LogP contribution in [0.5, 0.6) is 0 Å². The third-order valence-electron chi connectivity index (χ3n) is 1.58. The minimum Gasteiger partial charge on any atom is -0.260 e. The van der Waals surface area contributed by atoms with Crippen molar-refractivity contribution in [2.45, 2.75) is 6.92 Å². The molecule has 0 fully saturated rings. The van der Waals surface area contributed by atoms with Crippen LogP contribution in [0.4, 0.5) is 0 Å². The minimum atomic E-state index is 0.487. The van der Waals surface area contributed by atoms with Crippen LogP contribution in [0, 0.1) is 6.92 Å². The van der Waals surface area contributed by atoms with Crippen molar-refractivity contribution >= 4 is 22.6 Å². The van der Waals surface area contributed by atoms with E-state index in [0.29, 0.717) is 5.15 Å². The Bertz CT molecular complexity index is 393. The molecule has 2 aromatic rings. The summed E-state index contributed by atoms with van der Waals surface area (Å²) < 4.78 is 0. The number of hydrogen-bond donors (Lipinski definition) is 1. The van der Waals surface area contributed by atoms with Crippen LogP contribution in [-0.2, 0) is 0 Å². The second-order valence-corrected chi connectivity index (χ2v) is 2.73. The van der Waals surface area contributed by atoms with Crippen LogP contribution in [0.3, 0.4) is 0 Å². The van der Waals surface area contributed by atoms with Crippen LogP contribution in [0.15, 0.2) is 12.1 Å². The molecule has 0 spiro atoms. The van der Waals surface area contributed by atoms with E-state index in [1.54, 1.807) is 6.07 Å². The predicted molar refractivity (Wildman–Crippen MR) is 43.6 cm³/mol. The second-order valence-electron chi connectivity index (χ2n) is 2.34. The Morgan fingerprint density at radius 1 is 1.45 bits per heavy atom. The van der Waals surface area contributed by atoms with E-state index in [9.17, 15) is 0 Å². The molecule has 0 aliphatic carbocycles. The standard InChI is InChI=1S/C7H6ClN3/c1-4-5-2-3-6(8)9-7(5)11-10-4/h2-3H,1H3,(H,9,10,11). The molecule has 1 N–H and O–H groups in total. The van der Waals surface area contributed by atoms with Crippen molar-refractivity contribution in [3.05, 3.63) is 23.0 Å². The van der Waals surface area contributed by atoms with Crippen LogP contribution < -0.4 is 0 Å². The number of aromatic amines is 1. The maximum absolute atomic E-state index is 5.67. The normalized spacial score (nSPS) is 10.7. The highest BCUT2D eigenvalue weighted by Crippen LogP contribution is 2.15. The van der Waals surface area contributed by atoms with Crippen LogP contribution >= 0.6 is 11.6 Å². The van der Waals surface area contributed by atoms with Gasteiger partial charge in [0.2, 0.25) is 0 Å². The zero-order valence-corrected chi connectivity index (χ0v) is 6.68. The van der Waals surface area contributed by atoms with Crippen molar-refractivity contribution in [3.8, 4) is 0 Å². The van der Waals surface area contributed by atoms with Crippen molar-refractivity contribution in [1.82, 2.24) is 15.2 Å². The number of hydrogen-bond acceptors (Lipinski definition) is 2. The van der Waals surface area contributed by atoms with E-state index in [-0.39, 0.29) is 0 Å². The van der Waals surface area contributed by atoms with Crippen molar-refractivity contribution in [1.29, 1.82) is 0 Å². The first-order valence-corrected chi connectivity index (χ1v) is 3.62. The van der Waals surface area contributed by atoms with Crippen LogP contribution in [0.1, 0.15) is 5.69 Å². The maximum atomic E-state index is 5.67. The van der Waals surface area contributed by atoms with Gasteiger partial charge in [0, 0.05) is 5.39 Å². The van der Waals surface area contributed by atoms with Gasteiger partial charge in [-0.25, -0.2) is 4.98 Å². The lowest BCUT2D eigenvalue weighted by Crippen LogP contribution is -1.76. The summed E-state index contributed by atoms with van der Waals surface area (Å²) in [6.07, 6.45) is 0. The van der Waals surface area contributed by atoms with Crippen molar-refractivity contribution in [3.63, 3.8) is 0 Å². The summed E-state index contributed by atoms with van der Waals surface area (Å²) in [4.78, 5) is 4.04. The van der Waals surface area contributed by atoms with Gasteiger partial charge in [-0.2, -0.15) is 5.10 Å². The lowest BCUT2D eigenvalue weighted by molar-refractivity contribution is 1.05. The number of aromatic nitrogens is 3. The van der Waals surface area contributed by atoms with E-state index >= 15 is 0 Å². The average Bonchev–Trinajstić information content (AvgIpc) is 2.32. The quantitative estimate of drug-likeness (QED) is 0.609. The maximum Gasteiger partial charge on any atom is 0.157 e. The Morgan fingerprint density at radius 2 is 2.27 bits per heavy atom. The van der Waals surface area contributed by atoms with Crippen molar-refractivity contribution in [2.75, 3.05) is 0 Å². The third-order valence-corrected chi connectivity index (χ3v) is 1.79. The van der Waals surface area contributed by atoms with E-state index in [1.807, 2.05) is 13.0 Å². The van der Waals surface area contributed by atoms with Gasteiger partial charge in [0.25, 0.3) is 0 Å². The fourth-order valence-corrected chi connectivity index (χ4v) is 1.16. The summed E-state index contributed by atoms with van der Waals surface area (Å²) in [6.45, 7) is 1.93. The Kier molecular flexibility index (Phi) is 1.32. The Morgan fingerprint density at radius 3 is 3.09 bits per heavy atom. The van der Waals surface area contributed by atoms with E-state index in [0.717, 1.165) is 16.7 Å². The molecule has 0 unspecified atom stereocenters. The summed E-state index contributed by atoms with van der Waals surface area (Å²) in [6, 6.07) is 3.66. The first-order valence-electron chi connectivity index (χ1n) is 3.24. The highest BCUT2D eigenvalue weighted by Gasteiger charge is 2.01. The summed E-state index contributed by atoms with van der Waals surface area (Å²) in [5.74, 6) is 0. The van der Waals surface area contributed by atoms with Crippen molar-refractivity contribution in [2.24, 2.45) is 0 Å². The zero-order valence-electron chi connectivity index (χ0n) is 5.93. The molecule has 11 heavy (non-hydrogen) atoms. The number of aryl methyl sites for hydroxylation is 1. The first-order chi connectivity index (χ1) is 5.27. The molecule has 0 amide bonds. The number of pyridine rings is 1. The van der Waals surface area contributed by atoms with Gasteiger partial charge in [-0.3, -0.25) is 5.10 Å². The molecule has 3 nitrogen and oxygen atoms in total. The van der Waals surface area contributed by atoms with E-state index in [1.165, 1.54) is 0 Å². The highest BCUT2D eigenvalue weighted by molar-refractivity contribution is 6.29. The molecule has 0 atom stereocenters. The van der Waals surface area contributed by atoms with Gasteiger partial charge in [0.05, 0.1) is 5.69 Å². The van der Waals surface area contributed by atoms with E-state index < -0.39 is 0 Å². The van der Waals surface area contributed by atoms with Crippen LogP contribution in [0.25, 0.3) is 11.0 Å². The molecule has 2 rings (SSSR count). The van der Waals surface area contributed by atoms with Gasteiger partial charge in [0.15, 0.2) is 5.65 Å². The Hall–Kier alpha value is -1.09. The summed E-state index contributed by atoms with van der Waals surface area (Å²) in [5.41, 5.74) is 1.69. The van der Waals surface area contributed by atoms with Gasteiger partial charge in [-0.15, -0.1) is 0 Å². The second kappa shape index (κ2) is 2.20. The molecule has 0 radical (unpaired) electrons. The van der Waals surface area contributed by atoms with Gasteiger partial charge >= 0.3 is 0 Å². The molecule has 4 heteroatoms. The number of halogens is 1.